The molecule has 110 valence electrons. The fourth-order valence-corrected chi connectivity index (χ4v) is 1.90. The van der Waals surface area contributed by atoms with Crippen LogP contribution in [0.3, 0.4) is 0 Å². The minimum absolute atomic E-state index is 0.141. The average Bonchev–Trinajstić information content (AvgIpc) is 2.47. The van der Waals surface area contributed by atoms with E-state index in [4.69, 9.17) is 5.73 Å². The number of aryl methyl sites for hydroxylation is 1. The van der Waals surface area contributed by atoms with E-state index in [0.717, 1.165) is 11.3 Å². The van der Waals surface area contributed by atoms with Gasteiger partial charge in [0, 0.05) is 18.7 Å². The molecule has 0 saturated heterocycles. The quantitative estimate of drug-likeness (QED) is 0.940. The molecule has 5 nitrogen and oxygen atoms in total. The van der Waals surface area contributed by atoms with E-state index >= 15 is 0 Å². The summed E-state index contributed by atoms with van der Waals surface area (Å²) < 4.78 is 0. The summed E-state index contributed by atoms with van der Waals surface area (Å²) in [5.74, 6) is 0.521. The first-order valence-corrected chi connectivity index (χ1v) is 6.87. The molecule has 1 amide bonds. The van der Waals surface area contributed by atoms with E-state index in [1.54, 1.807) is 11.9 Å². The standard InChI is InChI=1S/C16H20N4O/c1-10(2)15-18-9-13(17)14(19-15)16(21)20(4)12-7-5-11(3)6-8-12/h5-10H,17H2,1-4H3. The molecule has 0 spiro atoms. The Kier molecular flexibility index (Phi) is 4.21. The Bertz CT molecular complexity index is 650. The van der Waals surface area contributed by atoms with Gasteiger partial charge in [0.2, 0.25) is 0 Å². The van der Waals surface area contributed by atoms with Crippen molar-refractivity contribution >= 4 is 17.3 Å². The third-order valence-electron chi connectivity index (χ3n) is 3.28. The molecular formula is C16H20N4O. The van der Waals surface area contributed by atoms with Gasteiger partial charge in [-0.25, -0.2) is 9.97 Å². The Morgan fingerprint density at radius 2 is 1.86 bits per heavy atom. The van der Waals surface area contributed by atoms with Crippen LogP contribution in [0.15, 0.2) is 30.5 Å². The zero-order chi connectivity index (χ0) is 15.6. The minimum Gasteiger partial charge on any atom is -0.396 e. The summed E-state index contributed by atoms with van der Waals surface area (Å²) in [4.78, 5) is 22.6. The monoisotopic (exact) mass is 284 g/mol. The summed E-state index contributed by atoms with van der Waals surface area (Å²) in [7, 11) is 1.71. The number of benzene rings is 1. The van der Waals surface area contributed by atoms with Gasteiger partial charge in [-0.15, -0.1) is 0 Å². The van der Waals surface area contributed by atoms with Crippen LogP contribution in [-0.2, 0) is 0 Å². The Morgan fingerprint density at radius 3 is 2.43 bits per heavy atom. The molecule has 0 aliphatic carbocycles. The van der Waals surface area contributed by atoms with Crippen molar-refractivity contribution in [1.82, 2.24) is 9.97 Å². The van der Waals surface area contributed by atoms with Crippen LogP contribution in [0.1, 0.15) is 41.6 Å². The predicted molar refractivity (Wildman–Crippen MR) is 84.4 cm³/mol. The molecule has 21 heavy (non-hydrogen) atoms. The third-order valence-corrected chi connectivity index (χ3v) is 3.28. The van der Waals surface area contributed by atoms with Gasteiger partial charge >= 0.3 is 0 Å². The molecule has 2 N–H and O–H groups in total. The van der Waals surface area contributed by atoms with Gasteiger partial charge in [-0.05, 0) is 19.1 Å². The predicted octanol–water partition coefficient (Wildman–Crippen LogP) is 2.77. The molecule has 2 aromatic rings. The van der Waals surface area contributed by atoms with Crippen LogP contribution in [0.2, 0.25) is 0 Å². The van der Waals surface area contributed by atoms with Gasteiger partial charge in [0.15, 0.2) is 5.69 Å². The van der Waals surface area contributed by atoms with Crippen LogP contribution in [0.4, 0.5) is 11.4 Å². The van der Waals surface area contributed by atoms with E-state index < -0.39 is 0 Å². The van der Waals surface area contributed by atoms with E-state index in [1.165, 1.54) is 6.20 Å². The van der Waals surface area contributed by atoms with Crippen molar-refractivity contribution in [3.8, 4) is 0 Å². The number of nitrogens with zero attached hydrogens (tertiary/aromatic N) is 3. The Morgan fingerprint density at radius 1 is 1.24 bits per heavy atom. The van der Waals surface area contributed by atoms with Crippen molar-refractivity contribution in [2.24, 2.45) is 0 Å². The minimum atomic E-state index is -0.236. The Balaban J connectivity index is 2.35. The number of rotatable bonds is 3. The molecule has 0 fully saturated rings. The van der Waals surface area contributed by atoms with Crippen molar-refractivity contribution in [1.29, 1.82) is 0 Å². The molecule has 0 bridgehead atoms. The Hall–Kier alpha value is -2.43. The summed E-state index contributed by atoms with van der Waals surface area (Å²) in [6, 6.07) is 7.71. The first kappa shape index (κ1) is 15.0. The highest BCUT2D eigenvalue weighted by atomic mass is 16.2. The topological polar surface area (TPSA) is 72.1 Å². The van der Waals surface area contributed by atoms with Crippen molar-refractivity contribution in [3.63, 3.8) is 0 Å². The van der Waals surface area contributed by atoms with Crippen LogP contribution in [0, 0.1) is 6.92 Å². The number of hydrogen-bond donors (Lipinski definition) is 1. The van der Waals surface area contributed by atoms with Crippen LogP contribution < -0.4 is 10.6 Å². The van der Waals surface area contributed by atoms with Crippen molar-refractivity contribution < 1.29 is 4.79 Å². The van der Waals surface area contributed by atoms with Crippen molar-refractivity contribution in [2.75, 3.05) is 17.7 Å². The summed E-state index contributed by atoms with van der Waals surface area (Å²) in [6.45, 7) is 5.95. The highest BCUT2D eigenvalue weighted by Gasteiger charge is 2.19. The van der Waals surface area contributed by atoms with E-state index in [2.05, 4.69) is 9.97 Å². The second-order valence-corrected chi connectivity index (χ2v) is 5.39. The lowest BCUT2D eigenvalue weighted by atomic mass is 10.2. The molecule has 0 radical (unpaired) electrons. The fourth-order valence-electron chi connectivity index (χ4n) is 1.90. The molecular weight excluding hydrogens is 264 g/mol. The fraction of sp³-hybridized carbons (Fsp3) is 0.312. The lowest BCUT2D eigenvalue weighted by molar-refractivity contribution is 0.0988. The highest BCUT2D eigenvalue weighted by molar-refractivity contribution is 6.07. The Labute approximate surface area is 124 Å². The molecule has 1 heterocycles. The van der Waals surface area contributed by atoms with Crippen LogP contribution in [0.25, 0.3) is 0 Å². The van der Waals surface area contributed by atoms with E-state index in [-0.39, 0.29) is 17.5 Å². The number of nitrogen functional groups attached to an aromatic ring is 1. The van der Waals surface area contributed by atoms with Gasteiger partial charge in [0.25, 0.3) is 5.91 Å². The summed E-state index contributed by atoms with van der Waals surface area (Å²) in [5, 5.41) is 0. The summed E-state index contributed by atoms with van der Waals surface area (Å²) in [6.07, 6.45) is 1.50. The van der Waals surface area contributed by atoms with Gasteiger partial charge in [-0.2, -0.15) is 0 Å². The number of carbonyl (C=O) groups is 1. The normalized spacial score (nSPS) is 10.7. The van der Waals surface area contributed by atoms with Crippen LogP contribution in [-0.4, -0.2) is 22.9 Å². The lowest BCUT2D eigenvalue weighted by Crippen LogP contribution is -2.28. The molecule has 1 aromatic carbocycles. The van der Waals surface area contributed by atoms with E-state index in [1.807, 2.05) is 45.0 Å². The average molecular weight is 284 g/mol. The second kappa shape index (κ2) is 5.91. The summed E-state index contributed by atoms with van der Waals surface area (Å²) >= 11 is 0. The molecule has 5 heteroatoms. The first-order valence-electron chi connectivity index (χ1n) is 6.87. The number of amides is 1. The third kappa shape index (κ3) is 3.18. The largest absolute Gasteiger partial charge is 0.396 e. The molecule has 0 aliphatic rings. The van der Waals surface area contributed by atoms with Gasteiger partial charge in [0.1, 0.15) is 5.82 Å². The number of nitrogens with two attached hydrogens (primary N) is 1. The second-order valence-electron chi connectivity index (χ2n) is 5.39. The lowest BCUT2D eigenvalue weighted by Gasteiger charge is -2.18. The number of anilines is 2. The number of hydrogen-bond acceptors (Lipinski definition) is 4. The molecule has 2 rings (SSSR count). The van der Waals surface area contributed by atoms with Crippen molar-refractivity contribution in [2.45, 2.75) is 26.7 Å². The molecule has 0 unspecified atom stereocenters. The summed E-state index contributed by atoms with van der Waals surface area (Å²) in [5.41, 5.74) is 8.34. The SMILES string of the molecule is Cc1ccc(N(C)C(=O)c2nc(C(C)C)ncc2N)cc1. The first-order chi connectivity index (χ1) is 9.90. The number of aromatic nitrogens is 2. The van der Waals surface area contributed by atoms with E-state index in [0.29, 0.717) is 11.5 Å². The van der Waals surface area contributed by atoms with Crippen LogP contribution in [0.5, 0.6) is 0 Å². The van der Waals surface area contributed by atoms with E-state index in [9.17, 15) is 4.79 Å². The number of carbonyl (C=O) groups excluding carboxylic acids is 1. The molecule has 0 atom stereocenters. The maximum atomic E-state index is 12.6. The van der Waals surface area contributed by atoms with Crippen molar-refractivity contribution in [3.05, 3.63) is 47.5 Å². The zero-order valence-corrected chi connectivity index (χ0v) is 12.8. The van der Waals surface area contributed by atoms with Crippen LogP contribution >= 0.6 is 0 Å². The molecule has 1 aromatic heterocycles. The van der Waals surface area contributed by atoms with Gasteiger partial charge in [-0.1, -0.05) is 31.5 Å². The highest BCUT2D eigenvalue weighted by Crippen LogP contribution is 2.19. The maximum Gasteiger partial charge on any atom is 0.278 e. The van der Waals surface area contributed by atoms with Gasteiger partial charge in [0.05, 0.1) is 11.9 Å². The smallest absolute Gasteiger partial charge is 0.278 e. The molecule has 0 aliphatic heterocycles. The van der Waals surface area contributed by atoms with Gasteiger partial charge < -0.3 is 10.6 Å². The zero-order valence-electron chi connectivity index (χ0n) is 12.8. The van der Waals surface area contributed by atoms with Gasteiger partial charge in [-0.3, -0.25) is 4.79 Å². The molecule has 0 saturated carbocycles. The maximum absolute atomic E-state index is 12.6.